The van der Waals surface area contributed by atoms with Gasteiger partial charge in [-0.1, -0.05) is 22.7 Å². The fourth-order valence-electron chi connectivity index (χ4n) is 0.813. The van der Waals surface area contributed by atoms with Gasteiger partial charge in [0.2, 0.25) is 0 Å². The number of fused-ring (bicyclic) bond motifs is 1. The van der Waals surface area contributed by atoms with Gasteiger partial charge >= 0.3 is 0 Å². The molecule has 0 aliphatic carbocycles. The lowest BCUT2D eigenvalue weighted by Crippen LogP contribution is -1.45. The van der Waals surface area contributed by atoms with E-state index in [0.29, 0.717) is 10.1 Å². The van der Waals surface area contributed by atoms with E-state index in [1.165, 1.54) is 22.7 Å². The molecule has 52 valence electrons. The molecule has 0 fully saturated rings. The van der Waals surface area contributed by atoms with Crippen LogP contribution >= 0.6 is 22.7 Å². The molecule has 0 aliphatic heterocycles. The molecule has 0 aliphatic rings. The molecule has 4 heteroatoms. The molecule has 2 heterocycles. The van der Waals surface area contributed by atoms with Crippen molar-refractivity contribution in [1.29, 1.82) is 0 Å². The summed E-state index contributed by atoms with van der Waals surface area (Å²) in [5.41, 5.74) is 0. The molecule has 0 saturated carbocycles. The summed E-state index contributed by atoms with van der Waals surface area (Å²) >= 11 is 2.57. The highest BCUT2D eigenvalue weighted by Crippen LogP contribution is 2.39. The van der Waals surface area contributed by atoms with Crippen LogP contribution in [0.5, 0.6) is 10.1 Å². The minimum Gasteiger partial charge on any atom is -0.499 e. The molecule has 0 amide bonds. The van der Waals surface area contributed by atoms with Crippen molar-refractivity contribution in [2.45, 2.75) is 0 Å². The van der Waals surface area contributed by atoms with Crippen molar-refractivity contribution in [1.82, 2.24) is 0 Å². The van der Waals surface area contributed by atoms with Crippen molar-refractivity contribution in [2.75, 3.05) is 0 Å². The summed E-state index contributed by atoms with van der Waals surface area (Å²) in [5.74, 6) is 0. The van der Waals surface area contributed by atoms with Crippen LogP contribution < -0.4 is 0 Å². The lowest BCUT2D eigenvalue weighted by molar-refractivity contribution is 0.490. The molecule has 2 aromatic heterocycles. The number of rotatable bonds is 0. The summed E-state index contributed by atoms with van der Waals surface area (Å²) in [7, 11) is 0. The van der Waals surface area contributed by atoms with Crippen molar-refractivity contribution < 1.29 is 10.2 Å². The van der Waals surface area contributed by atoms with Crippen molar-refractivity contribution in [2.24, 2.45) is 0 Å². The maximum absolute atomic E-state index is 8.98. The first-order valence-corrected chi connectivity index (χ1v) is 4.30. The van der Waals surface area contributed by atoms with Crippen LogP contribution in [0, 0.1) is 0 Å². The zero-order chi connectivity index (χ0) is 7.14. The SMILES string of the molecule is Oc1cc2cc(O)sc2s1. The van der Waals surface area contributed by atoms with Crippen molar-refractivity contribution >= 4 is 32.1 Å². The van der Waals surface area contributed by atoms with Gasteiger partial charge in [0.1, 0.15) is 0 Å². The second-order valence-electron chi connectivity index (χ2n) is 1.91. The molecular weight excluding hydrogens is 168 g/mol. The van der Waals surface area contributed by atoms with Gasteiger partial charge in [0, 0.05) is 17.5 Å². The second-order valence-corrected chi connectivity index (χ2v) is 4.23. The lowest BCUT2D eigenvalue weighted by Gasteiger charge is -1.75. The summed E-state index contributed by atoms with van der Waals surface area (Å²) in [6.45, 7) is 0. The largest absolute Gasteiger partial charge is 0.499 e. The maximum Gasteiger partial charge on any atom is 0.173 e. The first-order chi connectivity index (χ1) is 4.75. The summed E-state index contributed by atoms with van der Waals surface area (Å²) in [4.78, 5) is 0. The topological polar surface area (TPSA) is 40.5 Å². The molecule has 0 unspecified atom stereocenters. The van der Waals surface area contributed by atoms with Crippen LogP contribution in [0.25, 0.3) is 9.40 Å². The predicted octanol–water partition coefficient (Wildman–Crippen LogP) is 2.37. The number of thiophene rings is 2. The molecule has 2 rings (SSSR count). The van der Waals surface area contributed by atoms with Gasteiger partial charge in [-0.2, -0.15) is 0 Å². The maximum atomic E-state index is 8.98. The van der Waals surface area contributed by atoms with E-state index in [0.717, 1.165) is 9.40 Å². The van der Waals surface area contributed by atoms with Gasteiger partial charge in [0.05, 0.1) is 4.01 Å². The number of hydrogen-bond acceptors (Lipinski definition) is 4. The molecule has 0 aromatic carbocycles. The van der Waals surface area contributed by atoms with Gasteiger partial charge in [-0.15, -0.1) is 0 Å². The van der Waals surface area contributed by atoms with E-state index in [1.54, 1.807) is 12.1 Å². The standard InChI is InChI=1S/C6H4O2S2/c7-4-1-3-2-5(8)10-6(3)9-4/h1-2,7-8H. The van der Waals surface area contributed by atoms with Crippen molar-refractivity contribution in [3.63, 3.8) is 0 Å². The van der Waals surface area contributed by atoms with Crippen LogP contribution in [0.15, 0.2) is 12.1 Å². The molecule has 2 N–H and O–H groups in total. The first kappa shape index (κ1) is 6.00. The van der Waals surface area contributed by atoms with Crippen molar-refractivity contribution in [3.05, 3.63) is 12.1 Å². The van der Waals surface area contributed by atoms with E-state index in [2.05, 4.69) is 0 Å². The quantitative estimate of drug-likeness (QED) is 0.640. The molecular formula is C6H4O2S2. The Labute approximate surface area is 65.0 Å². The van der Waals surface area contributed by atoms with Gasteiger partial charge in [0.25, 0.3) is 0 Å². The Morgan fingerprint density at radius 3 is 1.90 bits per heavy atom. The Kier molecular flexibility index (Phi) is 1.12. The van der Waals surface area contributed by atoms with Crippen LogP contribution in [0.2, 0.25) is 0 Å². The average molecular weight is 172 g/mol. The lowest BCUT2D eigenvalue weighted by atomic mass is 10.4. The second kappa shape index (κ2) is 1.87. The van der Waals surface area contributed by atoms with Gasteiger partial charge in [-0.3, -0.25) is 0 Å². The van der Waals surface area contributed by atoms with Crippen molar-refractivity contribution in [3.8, 4) is 10.1 Å². The van der Waals surface area contributed by atoms with Crippen LogP contribution in [0.1, 0.15) is 0 Å². The van der Waals surface area contributed by atoms with Gasteiger partial charge < -0.3 is 10.2 Å². The minimum atomic E-state index is 0.307. The molecule has 2 nitrogen and oxygen atoms in total. The Morgan fingerprint density at radius 1 is 1.00 bits per heavy atom. The Hall–Kier alpha value is -0.740. The third-order valence-corrected chi connectivity index (χ3v) is 3.18. The van der Waals surface area contributed by atoms with E-state index in [1.807, 2.05) is 0 Å². The van der Waals surface area contributed by atoms with E-state index in [4.69, 9.17) is 10.2 Å². The fraction of sp³-hybridized carbons (Fsp3) is 0. The third kappa shape index (κ3) is 0.767. The smallest absolute Gasteiger partial charge is 0.173 e. The molecule has 0 radical (unpaired) electrons. The normalized spacial score (nSPS) is 10.8. The van der Waals surface area contributed by atoms with E-state index in [-0.39, 0.29) is 0 Å². The molecule has 0 saturated heterocycles. The molecule has 0 spiro atoms. The molecule has 10 heavy (non-hydrogen) atoms. The Bertz CT molecular complexity index is 298. The highest BCUT2D eigenvalue weighted by molar-refractivity contribution is 7.39. The van der Waals surface area contributed by atoms with Crippen LogP contribution in [0.3, 0.4) is 0 Å². The van der Waals surface area contributed by atoms with E-state index in [9.17, 15) is 0 Å². The highest BCUT2D eigenvalue weighted by Gasteiger charge is 2.03. The summed E-state index contributed by atoms with van der Waals surface area (Å²) in [6.07, 6.45) is 0. The molecule has 0 atom stereocenters. The van der Waals surface area contributed by atoms with Crippen LogP contribution in [-0.4, -0.2) is 10.2 Å². The van der Waals surface area contributed by atoms with Crippen LogP contribution in [0.4, 0.5) is 0 Å². The zero-order valence-electron chi connectivity index (χ0n) is 4.87. The van der Waals surface area contributed by atoms with E-state index >= 15 is 0 Å². The zero-order valence-corrected chi connectivity index (χ0v) is 6.50. The summed E-state index contributed by atoms with van der Waals surface area (Å²) in [6, 6.07) is 3.30. The number of hydrogen-bond donors (Lipinski definition) is 2. The Morgan fingerprint density at radius 2 is 1.50 bits per heavy atom. The van der Waals surface area contributed by atoms with Gasteiger partial charge in [0.15, 0.2) is 10.1 Å². The third-order valence-electron chi connectivity index (χ3n) is 1.19. The minimum absolute atomic E-state index is 0.307. The highest BCUT2D eigenvalue weighted by atomic mass is 32.2. The fourth-order valence-corrected chi connectivity index (χ4v) is 2.72. The molecule has 2 aromatic rings. The van der Waals surface area contributed by atoms with Gasteiger partial charge in [-0.25, -0.2) is 0 Å². The summed E-state index contributed by atoms with van der Waals surface area (Å²) < 4.78 is 0.968. The number of aromatic hydroxyl groups is 2. The average Bonchev–Trinajstić information content (AvgIpc) is 2.21. The Balaban J connectivity index is 2.83. The van der Waals surface area contributed by atoms with E-state index < -0.39 is 0 Å². The summed E-state index contributed by atoms with van der Waals surface area (Å²) in [5, 5.41) is 19.5. The molecule has 0 bridgehead atoms. The monoisotopic (exact) mass is 172 g/mol. The predicted molar refractivity (Wildman–Crippen MR) is 43.0 cm³/mol. The van der Waals surface area contributed by atoms with Crippen LogP contribution in [-0.2, 0) is 0 Å². The first-order valence-electron chi connectivity index (χ1n) is 2.67. The van der Waals surface area contributed by atoms with Gasteiger partial charge in [-0.05, 0) is 0 Å².